The van der Waals surface area contributed by atoms with Gasteiger partial charge in [0.05, 0.1) is 6.04 Å². The molecule has 1 heterocycles. The number of hydrogen-bond donors (Lipinski definition) is 1. The topological polar surface area (TPSA) is 21.3 Å². The summed E-state index contributed by atoms with van der Waals surface area (Å²) >= 11 is 1.86. The first kappa shape index (κ1) is 12.6. The van der Waals surface area contributed by atoms with E-state index in [1.807, 2.05) is 36.0 Å². The number of rotatable bonds is 4. The Hall–Kier alpha value is -1.45. The van der Waals surface area contributed by atoms with Crippen molar-refractivity contribution in [3.05, 3.63) is 59.7 Å². The highest BCUT2D eigenvalue weighted by Gasteiger charge is 2.25. The van der Waals surface area contributed by atoms with Crippen LogP contribution in [0.4, 0.5) is 0 Å². The van der Waals surface area contributed by atoms with Crippen LogP contribution in [-0.4, -0.2) is 18.6 Å². The Bertz CT molecular complexity index is 525. The Morgan fingerprint density at radius 1 is 1.00 bits per heavy atom. The minimum Gasteiger partial charge on any atom is -0.457 e. The van der Waals surface area contributed by atoms with E-state index in [9.17, 15) is 0 Å². The lowest BCUT2D eigenvalue weighted by Gasteiger charge is -2.28. The molecular weight excluding hydrogens is 254 g/mol. The molecule has 0 aromatic heterocycles. The largest absolute Gasteiger partial charge is 0.457 e. The van der Waals surface area contributed by atoms with Gasteiger partial charge in [0.1, 0.15) is 11.5 Å². The molecule has 1 N–H and O–H groups in total. The number of para-hydroxylation sites is 2. The van der Waals surface area contributed by atoms with Gasteiger partial charge in [-0.15, -0.1) is 0 Å². The molecular formula is C16H17NOS. The fraction of sp³-hybridized carbons (Fsp3) is 0.250. The number of hydrogen-bond acceptors (Lipinski definition) is 3. The molecule has 0 radical (unpaired) electrons. The van der Waals surface area contributed by atoms with Crippen LogP contribution >= 0.6 is 11.8 Å². The lowest BCUT2D eigenvalue weighted by atomic mass is 9.94. The molecule has 0 unspecified atom stereocenters. The summed E-state index contributed by atoms with van der Waals surface area (Å²) in [6.07, 6.45) is 2.13. The van der Waals surface area contributed by atoms with Crippen molar-refractivity contribution in [1.29, 1.82) is 0 Å². The van der Waals surface area contributed by atoms with E-state index in [0.29, 0.717) is 0 Å². The molecule has 0 aliphatic carbocycles. The predicted octanol–water partition coefficient (Wildman–Crippen LogP) is 3.83. The molecule has 19 heavy (non-hydrogen) atoms. The van der Waals surface area contributed by atoms with E-state index < -0.39 is 0 Å². The third kappa shape index (κ3) is 2.48. The van der Waals surface area contributed by atoms with Gasteiger partial charge in [0.15, 0.2) is 0 Å². The van der Waals surface area contributed by atoms with Gasteiger partial charge in [-0.2, -0.15) is 11.8 Å². The van der Waals surface area contributed by atoms with Crippen molar-refractivity contribution in [2.75, 3.05) is 18.6 Å². The van der Waals surface area contributed by atoms with Gasteiger partial charge in [0, 0.05) is 23.4 Å². The summed E-state index contributed by atoms with van der Waals surface area (Å²) in [6.45, 7) is 0.995. The first-order valence-corrected chi connectivity index (χ1v) is 7.87. The number of thioether (sulfide) groups is 1. The van der Waals surface area contributed by atoms with Crippen LogP contribution in [0.15, 0.2) is 48.5 Å². The smallest absolute Gasteiger partial charge is 0.132 e. The first-order valence-electron chi connectivity index (χ1n) is 6.48. The monoisotopic (exact) mass is 271 g/mol. The van der Waals surface area contributed by atoms with Crippen LogP contribution < -0.4 is 10.1 Å². The van der Waals surface area contributed by atoms with Gasteiger partial charge in [-0.1, -0.05) is 36.4 Å². The van der Waals surface area contributed by atoms with Crippen molar-refractivity contribution in [3.63, 3.8) is 0 Å². The summed E-state index contributed by atoms with van der Waals surface area (Å²) in [4.78, 5) is 0. The molecule has 0 bridgehead atoms. The second-order valence-electron chi connectivity index (χ2n) is 4.56. The van der Waals surface area contributed by atoms with Crippen molar-refractivity contribution in [1.82, 2.24) is 5.32 Å². The molecule has 98 valence electrons. The van der Waals surface area contributed by atoms with Crippen LogP contribution in [0.5, 0.6) is 11.5 Å². The lowest BCUT2D eigenvalue weighted by molar-refractivity contribution is 0.431. The van der Waals surface area contributed by atoms with Crippen LogP contribution in [0.2, 0.25) is 0 Å². The van der Waals surface area contributed by atoms with E-state index >= 15 is 0 Å². The molecule has 0 fully saturated rings. The second-order valence-corrected chi connectivity index (χ2v) is 5.54. The molecule has 3 heteroatoms. The normalized spacial score (nSPS) is 13.5. The van der Waals surface area contributed by atoms with Gasteiger partial charge >= 0.3 is 0 Å². The van der Waals surface area contributed by atoms with Gasteiger partial charge in [-0.3, -0.25) is 0 Å². The molecule has 0 saturated heterocycles. The number of nitrogens with one attached hydrogen (secondary N) is 1. The third-order valence-corrected chi connectivity index (χ3v) is 3.95. The van der Waals surface area contributed by atoms with Crippen molar-refractivity contribution < 1.29 is 4.74 Å². The minimum atomic E-state index is 0.230. The summed E-state index contributed by atoms with van der Waals surface area (Å²) in [5.41, 5.74) is 2.45. The zero-order chi connectivity index (χ0) is 13.1. The molecule has 0 atom stereocenters. The Balaban J connectivity index is 1.96. The second kappa shape index (κ2) is 5.68. The fourth-order valence-corrected chi connectivity index (χ4v) is 2.76. The van der Waals surface area contributed by atoms with Gasteiger partial charge in [-0.25, -0.2) is 0 Å². The van der Waals surface area contributed by atoms with E-state index in [4.69, 9.17) is 4.74 Å². The summed E-state index contributed by atoms with van der Waals surface area (Å²) in [5, 5.41) is 3.63. The van der Waals surface area contributed by atoms with E-state index in [2.05, 4.69) is 35.8 Å². The first-order chi connectivity index (χ1) is 9.40. The molecule has 0 amide bonds. The average molecular weight is 271 g/mol. The maximum Gasteiger partial charge on any atom is 0.132 e. The molecule has 2 aromatic rings. The van der Waals surface area contributed by atoms with E-state index in [1.54, 1.807) is 0 Å². The maximum atomic E-state index is 5.97. The molecule has 0 saturated carbocycles. The number of benzene rings is 2. The molecule has 2 nitrogen and oxygen atoms in total. The average Bonchev–Trinajstić information content (AvgIpc) is 2.46. The van der Waals surface area contributed by atoms with E-state index in [-0.39, 0.29) is 6.04 Å². The SMILES string of the molecule is CSCCNC1c2ccccc2Oc2ccccc21. The molecule has 2 aromatic carbocycles. The van der Waals surface area contributed by atoms with E-state index in [0.717, 1.165) is 23.8 Å². The lowest BCUT2D eigenvalue weighted by Crippen LogP contribution is -2.27. The van der Waals surface area contributed by atoms with Crippen LogP contribution in [-0.2, 0) is 0 Å². The van der Waals surface area contributed by atoms with Gasteiger partial charge in [0.2, 0.25) is 0 Å². The van der Waals surface area contributed by atoms with Crippen LogP contribution in [0.3, 0.4) is 0 Å². The summed E-state index contributed by atoms with van der Waals surface area (Å²) < 4.78 is 5.97. The van der Waals surface area contributed by atoms with E-state index in [1.165, 1.54) is 11.1 Å². The summed E-state index contributed by atoms with van der Waals surface area (Å²) in [5.74, 6) is 3.03. The maximum absolute atomic E-state index is 5.97. The minimum absolute atomic E-state index is 0.230. The van der Waals surface area contributed by atoms with Crippen molar-refractivity contribution in [3.8, 4) is 11.5 Å². The van der Waals surface area contributed by atoms with Crippen LogP contribution in [0.25, 0.3) is 0 Å². The molecule has 3 rings (SSSR count). The van der Waals surface area contributed by atoms with Crippen molar-refractivity contribution in [2.24, 2.45) is 0 Å². The van der Waals surface area contributed by atoms with Gasteiger partial charge < -0.3 is 10.1 Å². The quantitative estimate of drug-likeness (QED) is 0.854. The standard InChI is InChI=1S/C16H17NOS/c1-19-11-10-17-16-12-6-2-4-8-14(12)18-15-9-5-3-7-13(15)16/h2-9,16-17H,10-11H2,1H3. The van der Waals surface area contributed by atoms with Gasteiger partial charge in [0.25, 0.3) is 0 Å². The molecule has 1 aliphatic heterocycles. The Kier molecular flexibility index (Phi) is 3.76. The Morgan fingerprint density at radius 3 is 2.16 bits per heavy atom. The van der Waals surface area contributed by atoms with Crippen molar-refractivity contribution in [2.45, 2.75) is 6.04 Å². The highest BCUT2D eigenvalue weighted by molar-refractivity contribution is 7.98. The summed E-state index contributed by atoms with van der Waals surface area (Å²) in [6, 6.07) is 16.8. The zero-order valence-electron chi connectivity index (χ0n) is 10.9. The fourth-order valence-electron chi connectivity index (χ4n) is 2.44. The highest BCUT2D eigenvalue weighted by atomic mass is 32.2. The van der Waals surface area contributed by atoms with Gasteiger partial charge in [-0.05, 0) is 18.4 Å². The number of fused-ring (bicyclic) bond motifs is 2. The summed E-state index contributed by atoms with van der Waals surface area (Å²) in [7, 11) is 0. The number of ether oxygens (including phenoxy) is 1. The van der Waals surface area contributed by atoms with Crippen molar-refractivity contribution >= 4 is 11.8 Å². The Labute approximate surface area is 118 Å². The third-order valence-electron chi connectivity index (χ3n) is 3.33. The molecule has 0 spiro atoms. The molecule has 1 aliphatic rings. The van der Waals surface area contributed by atoms with Crippen LogP contribution in [0.1, 0.15) is 17.2 Å². The Morgan fingerprint density at radius 2 is 1.58 bits per heavy atom. The zero-order valence-corrected chi connectivity index (χ0v) is 11.7. The predicted molar refractivity (Wildman–Crippen MR) is 81.2 cm³/mol. The van der Waals surface area contributed by atoms with Crippen LogP contribution in [0, 0.1) is 0 Å². The highest BCUT2D eigenvalue weighted by Crippen LogP contribution is 2.42.